The quantitative estimate of drug-likeness (QED) is 0.634. The zero-order valence-electron chi connectivity index (χ0n) is 6.85. The number of nitrogens with one attached hydrogen (secondary N) is 1. The van der Waals surface area contributed by atoms with Gasteiger partial charge in [-0.05, 0) is 25.3 Å². The highest BCUT2D eigenvalue weighted by atomic mass is 19.1. The lowest BCUT2D eigenvalue weighted by molar-refractivity contribution is 0.377. The predicted molar refractivity (Wildman–Crippen MR) is 44.2 cm³/mol. The topological polar surface area (TPSA) is 38.0 Å². The van der Waals surface area contributed by atoms with Gasteiger partial charge in [0.25, 0.3) is 0 Å². The first-order valence-electron chi connectivity index (χ1n) is 4.38. The maximum Gasteiger partial charge on any atom is 0.102 e. The molecule has 1 aliphatic rings. The van der Waals surface area contributed by atoms with Crippen molar-refractivity contribution in [3.05, 3.63) is 0 Å². The van der Waals surface area contributed by atoms with Gasteiger partial charge < -0.3 is 11.1 Å². The van der Waals surface area contributed by atoms with Gasteiger partial charge in [0.05, 0.1) is 0 Å². The average molecular weight is 160 g/mol. The zero-order chi connectivity index (χ0) is 8.10. The third-order valence-corrected chi connectivity index (χ3v) is 2.46. The van der Waals surface area contributed by atoms with Crippen LogP contribution < -0.4 is 11.1 Å². The number of hydrogen-bond donors (Lipinski definition) is 2. The van der Waals surface area contributed by atoms with E-state index in [9.17, 15) is 4.39 Å². The van der Waals surface area contributed by atoms with Crippen molar-refractivity contribution in [1.82, 2.24) is 5.32 Å². The Kier molecular flexibility index (Phi) is 3.80. The van der Waals surface area contributed by atoms with Crippen molar-refractivity contribution in [2.24, 2.45) is 11.7 Å². The number of halogens is 1. The van der Waals surface area contributed by atoms with Crippen molar-refractivity contribution in [1.29, 1.82) is 0 Å². The molecule has 2 atom stereocenters. The van der Waals surface area contributed by atoms with Gasteiger partial charge in [0.2, 0.25) is 0 Å². The zero-order valence-corrected chi connectivity index (χ0v) is 6.85. The van der Waals surface area contributed by atoms with Gasteiger partial charge in [0.1, 0.15) is 6.67 Å². The summed E-state index contributed by atoms with van der Waals surface area (Å²) in [7, 11) is 0. The Labute approximate surface area is 67.3 Å². The van der Waals surface area contributed by atoms with Crippen LogP contribution in [0.3, 0.4) is 0 Å². The average Bonchev–Trinajstić information content (AvgIpc) is 2.47. The largest absolute Gasteiger partial charge is 0.330 e. The molecule has 66 valence electrons. The summed E-state index contributed by atoms with van der Waals surface area (Å²) in [4.78, 5) is 0. The molecule has 0 saturated heterocycles. The first-order chi connectivity index (χ1) is 5.38. The van der Waals surface area contributed by atoms with Crippen LogP contribution in [0.15, 0.2) is 0 Å². The summed E-state index contributed by atoms with van der Waals surface area (Å²) in [5.41, 5.74) is 5.56. The Morgan fingerprint density at radius 2 is 2.27 bits per heavy atom. The molecule has 1 aliphatic carbocycles. The molecule has 2 unspecified atom stereocenters. The van der Waals surface area contributed by atoms with Crippen LogP contribution in [0.2, 0.25) is 0 Å². The fraction of sp³-hybridized carbons (Fsp3) is 1.00. The molecular formula is C8H17FN2. The second kappa shape index (κ2) is 4.67. The highest BCUT2D eigenvalue weighted by molar-refractivity contribution is 4.83. The highest BCUT2D eigenvalue weighted by Crippen LogP contribution is 2.24. The van der Waals surface area contributed by atoms with Gasteiger partial charge in [0, 0.05) is 12.6 Å². The molecule has 0 aromatic heterocycles. The SMILES string of the molecule is NCC1CCCC1NCCF. The maximum absolute atomic E-state index is 11.8. The summed E-state index contributed by atoms with van der Waals surface area (Å²) >= 11 is 0. The number of alkyl halides is 1. The molecule has 11 heavy (non-hydrogen) atoms. The van der Waals surface area contributed by atoms with Crippen molar-refractivity contribution in [2.45, 2.75) is 25.3 Å². The molecule has 1 rings (SSSR count). The van der Waals surface area contributed by atoms with Crippen molar-refractivity contribution >= 4 is 0 Å². The van der Waals surface area contributed by atoms with Crippen molar-refractivity contribution in [3.8, 4) is 0 Å². The van der Waals surface area contributed by atoms with Crippen LogP contribution in [0.25, 0.3) is 0 Å². The van der Waals surface area contributed by atoms with E-state index in [-0.39, 0.29) is 6.67 Å². The molecule has 0 amide bonds. The van der Waals surface area contributed by atoms with Crippen LogP contribution in [0.1, 0.15) is 19.3 Å². The van der Waals surface area contributed by atoms with E-state index in [1.165, 1.54) is 19.3 Å². The molecule has 0 aliphatic heterocycles. The fourth-order valence-corrected chi connectivity index (χ4v) is 1.83. The van der Waals surface area contributed by atoms with Crippen LogP contribution in [0, 0.1) is 5.92 Å². The molecule has 0 radical (unpaired) electrons. The van der Waals surface area contributed by atoms with Crippen LogP contribution in [0.5, 0.6) is 0 Å². The lowest BCUT2D eigenvalue weighted by atomic mass is 10.0. The molecule has 1 saturated carbocycles. The molecular weight excluding hydrogens is 143 g/mol. The molecule has 1 fully saturated rings. The number of rotatable bonds is 4. The van der Waals surface area contributed by atoms with E-state index in [1.54, 1.807) is 0 Å². The van der Waals surface area contributed by atoms with Crippen molar-refractivity contribution < 1.29 is 4.39 Å². The van der Waals surface area contributed by atoms with E-state index < -0.39 is 0 Å². The van der Waals surface area contributed by atoms with E-state index in [2.05, 4.69) is 5.32 Å². The molecule has 3 heteroatoms. The maximum atomic E-state index is 11.8. The summed E-state index contributed by atoms with van der Waals surface area (Å²) in [5.74, 6) is 0.585. The summed E-state index contributed by atoms with van der Waals surface area (Å²) in [5, 5.41) is 3.18. The van der Waals surface area contributed by atoms with Crippen molar-refractivity contribution in [2.75, 3.05) is 19.8 Å². The summed E-state index contributed by atoms with van der Waals surface area (Å²) in [6.07, 6.45) is 3.62. The Balaban J connectivity index is 2.20. The fourth-order valence-electron chi connectivity index (χ4n) is 1.83. The Morgan fingerprint density at radius 1 is 1.45 bits per heavy atom. The third-order valence-electron chi connectivity index (χ3n) is 2.46. The minimum Gasteiger partial charge on any atom is -0.330 e. The number of nitrogens with two attached hydrogens (primary N) is 1. The standard InChI is InChI=1S/C8H17FN2/c9-4-5-11-8-3-1-2-7(8)6-10/h7-8,11H,1-6,10H2. The van der Waals surface area contributed by atoms with Gasteiger partial charge >= 0.3 is 0 Å². The summed E-state index contributed by atoms with van der Waals surface area (Å²) in [6, 6.07) is 0.482. The Bertz CT molecular complexity index is 108. The van der Waals surface area contributed by atoms with E-state index >= 15 is 0 Å². The normalized spacial score (nSPS) is 31.1. The first-order valence-corrected chi connectivity index (χ1v) is 4.38. The van der Waals surface area contributed by atoms with Gasteiger partial charge in [0.15, 0.2) is 0 Å². The molecule has 0 spiro atoms. The van der Waals surface area contributed by atoms with Crippen LogP contribution in [0.4, 0.5) is 4.39 Å². The lowest BCUT2D eigenvalue weighted by Crippen LogP contribution is -2.36. The minimum atomic E-state index is -0.270. The van der Waals surface area contributed by atoms with Crippen LogP contribution >= 0.6 is 0 Å². The molecule has 0 aromatic carbocycles. The lowest BCUT2D eigenvalue weighted by Gasteiger charge is -2.18. The summed E-state index contributed by atoms with van der Waals surface area (Å²) < 4.78 is 11.8. The minimum absolute atomic E-state index is 0.270. The molecule has 0 aromatic rings. The molecule has 0 bridgehead atoms. The predicted octanol–water partition coefficient (Wildman–Crippen LogP) is 0.673. The van der Waals surface area contributed by atoms with E-state index in [1.807, 2.05) is 0 Å². The number of hydrogen-bond acceptors (Lipinski definition) is 2. The smallest absolute Gasteiger partial charge is 0.102 e. The van der Waals surface area contributed by atoms with Gasteiger partial charge in [-0.1, -0.05) is 6.42 Å². The molecule has 3 N–H and O–H groups in total. The monoisotopic (exact) mass is 160 g/mol. The van der Waals surface area contributed by atoms with Crippen LogP contribution in [-0.4, -0.2) is 25.8 Å². The highest BCUT2D eigenvalue weighted by Gasteiger charge is 2.24. The molecule has 0 heterocycles. The third kappa shape index (κ3) is 2.42. The van der Waals surface area contributed by atoms with Gasteiger partial charge in [-0.25, -0.2) is 4.39 Å². The Hall–Kier alpha value is -0.150. The second-order valence-corrected chi connectivity index (χ2v) is 3.18. The van der Waals surface area contributed by atoms with Crippen molar-refractivity contribution in [3.63, 3.8) is 0 Å². The van der Waals surface area contributed by atoms with Gasteiger partial charge in [-0.3, -0.25) is 0 Å². The summed E-state index contributed by atoms with van der Waals surface area (Å²) in [6.45, 7) is 0.957. The van der Waals surface area contributed by atoms with E-state index in [0.717, 1.165) is 6.54 Å². The van der Waals surface area contributed by atoms with E-state index in [0.29, 0.717) is 18.5 Å². The van der Waals surface area contributed by atoms with Gasteiger partial charge in [-0.2, -0.15) is 0 Å². The van der Waals surface area contributed by atoms with Crippen LogP contribution in [-0.2, 0) is 0 Å². The molecule has 2 nitrogen and oxygen atoms in total. The second-order valence-electron chi connectivity index (χ2n) is 3.18. The van der Waals surface area contributed by atoms with Gasteiger partial charge in [-0.15, -0.1) is 0 Å². The van der Waals surface area contributed by atoms with E-state index in [4.69, 9.17) is 5.73 Å². The first kappa shape index (κ1) is 8.94. The Morgan fingerprint density at radius 3 is 2.91 bits per heavy atom.